The first-order valence-corrected chi connectivity index (χ1v) is 6.88. The molecule has 0 aliphatic carbocycles. The molecule has 4 rings (SSSR count). The van der Waals surface area contributed by atoms with Crippen molar-refractivity contribution in [2.24, 2.45) is 0 Å². The molecule has 2 aromatic rings. The van der Waals surface area contributed by atoms with Crippen molar-refractivity contribution in [1.82, 2.24) is 0 Å². The summed E-state index contributed by atoms with van der Waals surface area (Å²) in [6.45, 7) is 1.80. The quantitative estimate of drug-likeness (QED) is 0.744. The Morgan fingerprint density at radius 1 is 1.29 bits per heavy atom. The molecule has 0 saturated carbocycles. The van der Waals surface area contributed by atoms with E-state index in [-0.39, 0.29) is 11.7 Å². The van der Waals surface area contributed by atoms with Crippen LogP contribution in [0.1, 0.15) is 16.7 Å². The number of hydrogen-bond donors (Lipinski definition) is 0. The summed E-state index contributed by atoms with van der Waals surface area (Å²) in [7, 11) is 1.75. The smallest absolute Gasteiger partial charge is 0.276 e. The van der Waals surface area contributed by atoms with Crippen LogP contribution in [0.25, 0.3) is 0 Å². The molecule has 0 aromatic heterocycles. The van der Waals surface area contributed by atoms with E-state index in [0.29, 0.717) is 12.2 Å². The molecule has 2 aliphatic rings. The molecule has 1 spiro atoms. The maximum atomic E-state index is 13.6. The van der Waals surface area contributed by atoms with Crippen LogP contribution >= 0.6 is 0 Å². The van der Waals surface area contributed by atoms with E-state index in [1.54, 1.807) is 18.9 Å². The second-order valence-electron chi connectivity index (χ2n) is 5.70. The highest BCUT2D eigenvalue weighted by Crippen LogP contribution is 2.50. The molecule has 1 atom stereocenters. The first kappa shape index (κ1) is 12.4. The number of halogens is 1. The fourth-order valence-electron chi connectivity index (χ4n) is 3.43. The number of anilines is 1. The van der Waals surface area contributed by atoms with Gasteiger partial charge in [-0.25, -0.2) is 4.39 Å². The Morgan fingerprint density at radius 2 is 2.05 bits per heavy atom. The number of ether oxygens (including phenoxy) is 1. The SMILES string of the molecule is Cc1cc(F)cc2c1OC1(C2)C(=O)N(C)c2ccccc21. The summed E-state index contributed by atoms with van der Waals surface area (Å²) in [5.41, 5.74) is 2.15. The zero-order valence-corrected chi connectivity index (χ0v) is 11.8. The number of likely N-dealkylation sites (N-methyl/N-ethyl adjacent to an activating group) is 1. The number of nitrogens with zero attached hydrogens (tertiary/aromatic N) is 1. The van der Waals surface area contributed by atoms with Crippen LogP contribution in [0.3, 0.4) is 0 Å². The van der Waals surface area contributed by atoms with Crippen LogP contribution in [0.15, 0.2) is 36.4 Å². The van der Waals surface area contributed by atoms with Gasteiger partial charge in [0.1, 0.15) is 11.6 Å². The molecule has 2 aromatic carbocycles. The number of fused-ring (bicyclic) bond motifs is 3. The predicted molar refractivity (Wildman–Crippen MR) is 77.0 cm³/mol. The normalized spacial score (nSPS) is 22.4. The van der Waals surface area contributed by atoms with Crippen LogP contribution in [0.4, 0.5) is 10.1 Å². The van der Waals surface area contributed by atoms with Crippen molar-refractivity contribution in [2.75, 3.05) is 11.9 Å². The largest absolute Gasteiger partial charge is 0.472 e. The van der Waals surface area contributed by atoms with Gasteiger partial charge in [-0.1, -0.05) is 18.2 Å². The van der Waals surface area contributed by atoms with Crippen molar-refractivity contribution < 1.29 is 13.9 Å². The molecule has 0 N–H and O–H groups in total. The number of hydrogen-bond acceptors (Lipinski definition) is 2. The Hall–Kier alpha value is -2.36. The third kappa shape index (κ3) is 1.45. The highest BCUT2D eigenvalue weighted by molar-refractivity contribution is 6.07. The van der Waals surface area contributed by atoms with Crippen molar-refractivity contribution in [2.45, 2.75) is 18.9 Å². The first-order chi connectivity index (χ1) is 10.0. The van der Waals surface area contributed by atoms with Gasteiger partial charge in [0, 0.05) is 24.6 Å². The fourth-order valence-corrected chi connectivity index (χ4v) is 3.43. The summed E-state index contributed by atoms with van der Waals surface area (Å²) in [6.07, 6.45) is 0.376. The number of amides is 1. The molecular weight excluding hydrogens is 269 g/mol. The van der Waals surface area contributed by atoms with Crippen LogP contribution in [0, 0.1) is 12.7 Å². The highest BCUT2D eigenvalue weighted by atomic mass is 19.1. The van der Waals surface area contributed by atoms with Gasteiger partial charge in [0.25, 0.3) is 5.91 Å². The fraction of sp³-hybridized carbons (Fsp3) is 0.235. The van der Waals surface area contributed by atoms with Gasteiger partial charge in [-0.15, -0.1) is 0 Å². The van der Waals surface area contributed by atoms with Gasteiger partial charge in [0.15, 0.2) is 0 Å². The first-order valence-electron chi connectivity index (χ1n) is 6.88. The van der Waals surface area contributed by atoms with E-state index in [1.807, 2.05) is 24.3 Å². The lowest BCUT2D eigenvalue weighted by Gasteiger charge is -2.22. The van der Waals surface area contributed by atoms with Crippen molar-refractivity contribution in [3.05, 3.63) is 58.9 Å². The van der Waals surface area contributed by atoms with Crippen LogP contribution in [0.5, 0.6) is 5.75 Å². The molecule has 1 amide bonds. The Kier molecular flexibility index (Phi) is 2.27. The molecule has 0 bridgehead atoms. The topological polar surface area (TPSA) is 29.5 Å². The molecule has 0 saturated heterocycles. The van der Waals surface area contributed by atoms with E-state index in [9.17, 15) is 9.18 Å². The lowest BCUT2D eigenvalue weighted by Crippen LogP contribution is -2.42. The average molecular weight is 283 g/mol. The molecule has 0 radical (unpaired) electrons. The van der Waals surface area contributed by atoms with E-state index in [2.05, 4.69) is 0 Å². The summed E-state index contributed by atoms with van der Waals surface area (Å²) < 4.78 is 19.7. The number of benzene rings is 2. The number of rotatable bonds is 0. The second-order valence-corrected chi connectivity index (χ2v) is 5.70. The van der Waals surface area contributed by atoms with Gasteiger partial charge >= 0.3 is 0 Å². The molecule has 1 unspecified atom stereocenters. The van der Waals surface area contributed by atoms with E-state index < -0.39 is 5.60 Å². The highest BCUT2D eigenvalue weighted by Gasteiger charge is 2.55. The van der Waals surface area contributed by atoms with Gasteiger partial charge in [0.2, 0.25) is 5.60 Å². The molecule has 21 heavy (non-hydrogen) atoms. The number of carbonyl (C=O) groups excluding carboxylic acids is 1. The third-order valence-electron chi connectivity index (χ3n) is 4.38. The lowest BCUT2D eigenvalue weighted by molar-refractivity contribution is -0.131. The van der Waals surface area contributed by atoms with E-state index in [4.69, 9.17) is 4.74 Å². The Labute approximate surface area is 122 Å². The van der Waals surface area contributed by atoms with Crippen LogP contribution in [0.2, 0.25) is 0 Å². The molecule has 3 nitrogen and oxygen atoms in total. The number of aryl methyl sites for hydroxylation is 1. The predicted octanol–water partition coefficient (Wildman–Crippen LogP) is 2.94. The minimum atomic E-state index is -1.04. The zero-order chi connectivity index (χ0) is 14.8. The summed E-state index contributed by atoms with van der Waals surface area (Å²) in [6, 6.07) is 10.5. The van der Waals surface area contributed by atoms with Gasteiger partial charge in [-0.05, 0) is 30.7 Å². The monoisotopic (exact) mass is 283 g/mol. The summed E-state index contributed by atoms with van der Waals surface area (Å²) >= 11 is 0. The van der Waals surface area contributed by atoms with Crippen molar-refractivity contribution in [1.29, 1.82) is 0 Å². The molecular formula is C17H14FNO2. The van der Waals surface area contributed by atoms with E-state index in [0.717, 1.165) is 22.4 Å². The van der Waals surface area contributed by atoms with Gasteiger partial charge in [-0.3, -0.25) is 4.79 Å². The van der Waals surface area contributed by atoms with Crippen LogP contribution < -0.4 is 9.64 Å². The standard InChI is InChI=1S/C17H14FNO2/c1-10-7-12(18)8-11-9-17(21-15(10)11)13-5-3-4-6-14(13)19(2)16(17)20/h3-8H,9H2,1-2H3. The van der Waals surface area contributed by atoms with Gasteiger partial charge in [0.05, 0.1) is 5.69 Å². The van der Waals surface area contributed by atoms with Crippen LogP contribution in [-0.4, -0.2) is 13.0 Å². The Morgan fingerprint density at radius 3 is 2.86 bits per heavy atom. The Balaban J connectivity index is 1.92. The summed E-state index contributed by atoms with van der Waals surface area (Å²) in [5, 5.41) is 0. The van der Waals surface area contributed by atoms with Crippen molar-refractivity contribution in [3.63, 3.8) is 0 Å². The zero-order valence-electron chi connectivity index (χ0n) is 11.8. The van der Waals surface area contributed by atoms with Gasteiger partial charge in [-0.2, -0.15) is 0 Å². The van der Waals surface area contributed by atoms with Gasteiger partial charge < -0.3 is 9.64 Å². The average Bonchev–Trinajstić information content (AvgIpc) is 2.94. The Bertz CT molecular complexity index is 786. The molecule has 2 aliphatic heterocycles. The number of carbonyl (C=O) groups is 1. The molecule has 4 heteroatoms. The van der Waals surface area contributed by atoms with E-state index in [1.165, 1.54) is 12.1 Å². The minimum Gasteiger partial charge on any atom is -0.472 e. The second kappa shape index (κ2) is 3.85. The summed E-state index contributed by atoms with van der Waals surface area (Å²) in [5.74, 6) is 0.244. The maximum absolute atomic E-state index is 13.6. The maximum Gasteiger partial charge on any atom is 0.276 e. The minimum absolute atomic E-state index is 0.0975. The summed E-state index contributed by atoms with van der Waals surface area (Å²) in [4.78, 5) is 14.4. The van der Waals surface area contributed by atoms with Crippen molar-refractivity contribution in [3.8, 4) is 5.75 Å². The molecule has 106 valence electrons. The molecule has 0 fully saturated rings. The lowest BCUT2D eigenvalue weighted by atomic mass is 9.90. The number of para-hydroxylation sites is 1. The molecule has 2 heterocycles. The van der Waals surface area contributed by atoms with Crippen molar-refractivity contribution >= 4 is 11.6 Å². The third-order valence-corrected chi connectivity index (χ3v) is 4.38. The van der Waals surface area contributed by atoms with E-state index >= 15 is 0 Å². The van der Waals surface area contributed by atoms with Crippen LogP contribution in [-0.2, 0) is 16.8 Å².